The molecule has 0 aromatic heterocycles. The van der Waals surface area contributed by atoms with Crippen LogP contribution in [0.1, 0.15) is 44.5 Å². The van der Waals surface area contributed by atoms with Crippen LogP contribution in [-0.2, 0) is 10.8 Å². The van der Waals surface area contributed by atoms with Gasteiger partial charge in [-0.15, -0.1) is 0 Å². The average molecular weight is 749 g/mol. The van der Waals surface area contributed by atoms with E-state index in [4.69, 9.17) is 4.74 Å². The van der Waals surface area contributed by atoms with Crippen LogP contribution in [0.15, 0.2) is 218 Å². The molecule has 1 heterocycles. The minimum atomic E-state index is -0.599. The zero-order valence-corrected chi connectivity index (χ0v) is 32.2. The van der Waals surface area contributed by atoms with Gasteiger partial charge in [0, 0.05) is 16.5 Å². The van der Waals surface area contributed by atoms with Gasteiger partial charge in [-0.25, -0.2) is 0 Å². The fourth-order valence-corrected chi connectivity index (χ4v) is 11.4. The molecule has 2 aliphatic carbocycles. The Kier molecular flexibility index (Phi) is 6.64. The zero-order chi connectivity index (χ0) is 38.7. The number of rotatable bonds is 3. The van der Waals surface area contributed by atoms with Crippen LogP contribution in [0.2, 0.25) is 0 Å². The molecule has 1 nitrogen and oxygen atoms in total. The first-order valence-corrected chi connectivity index (χ1v) is 20.6. The summed E-state index contributed by atoms with van der Waals surface area (Å²) in [6.07, 6.45) is 0. The van der Waals surface area contributed by atoms with E-state index in [1.807, 2.05) is 0 Å². The molecule has 0 amide bonds. The van der Waals surface area contributed by atoms with Crippen molar-refractivity contribution in [2.24, 2.45) is 0 Å². The fraction of sp³-hybridized carbons (Fsp3) is 0.0345. The minimum Gasteiger partial charge on any atom is -0.456 e. The van der Waals surface area contributed by atoms with Crippen LogP contribution in [-0.4, -0.2) is 0 Å². The Labute approximate surface area is 343 Å². The molecule has 0 N–H and O–H groups in total. The Bertz CT molecular complexity index is 3330. The lowest BCUT2D eigenvalue weighted by Crippen LogP contribution is -2.32. The van der Waals surface area contributed by atoms with Crippen LogP contribution in [0.4, 0.5) is 0 Å². The first kappa shape index (κ1) is 32.6. The van der Waals surface area contributed by atoms with Gasteiger partial charge in [-0.2, -0.15) is 0 Å². The first-order chi connectivity index (χ1) is 29.3. The van der Waals surface area contributed by atoms with Gasteiger partial charge in [-0.3, -0.25) is 0 Å². The van der Waals surface area contributed by atoms with Crippen molar-refractivity contribution in [3.63, 3.8) is 0 Å². The summed E-state index contributed by atoms with van der Waals surface area (Å²) < 4.78 is 7.15. The molecule has 0 fully saturated rings. The molecule has 13 rings (SSSR count). The van der Waals surface area contributed by atoms with Gasteiger partial charge in [0.2, 0.25) is 0 Å². The molecule has 1 atom stereocenters. The quantitative estimate of drug-likeness (QED) is 0.175. The maximum absolute atomic E-state index is 7.15. The lowest BCUT2D eigenvalue weighted by molar-refractivity contribution is 0.442. The minimum absolute atomic E-state index is 0.590. The average Bonchev–Trinajstić information content (AvgIpc) is 3.78. The Morgan fingerprint density at radius 1 is 0.288 bits per heavy atom. The van der Waals surface area contributed by atoms with E-state index in [-0.39, 0.29) is 0 Å². The summed E-state index contributed by atoms with van der Waals surface area (Å²) in [4.78, 5) is 0. The fourth-order valence-electron chi connectivity index (χ4n) is 11.4. The third-order valence-corrected chi connectivity index (χ3v) is 13.6. The van der Waals surface area contributed by atoms with E-state index in [2.05, 4.69) is 218 Å². The Morgan fingerprint density at radius 2 is 0.780 bits per heavy atom. The van der Waals surface area contributed by atoms with Gasteiger partial charge in [-0.1, -0.05) is 206 Å². The van der Waals surface area contributed by atoms with Crippen molar-refractivity contribution < 1.29 is 4.74 Å². The smallest absolute Gasteiger partial charge is 0.140 e. The third kappa shape index (κ3) is 4.09. The molecule has 59 heavy (non-hydrogen) atoms. The molecule has 1 aliphatic heterocycles. The van der Waals surface area contributed by atoms with E-state index in [0.29, 0.717) is 0 Å². The van der Waals surface area contributed by atoms with Crippen LogP contribution in [0.3, 0.4) is 0 Å². The normalized spacial score (nSPS) is 16.1. The van der Waals surface area contributed by atoms with Gasteiger partial charge < -0.3 is 4.74 Å². The summed E-state index contributed by atoms with van der Waals surface area (Å²) >= 11 is 0. The molecule has 10 aromatic carbocycles. The van der Waals surface area contributed by atoms with E-state index in [1.54, 1.807) is 0 Å². The van der Waals surface area contributed by atoms with Crippen molar-refractivity contribution in [2.45, 2.75) is 10.8 Å². The molecule has 0 bridgehead atoms. The summed E-state index contributed by atoms with van der Waals surface area (Å²) in [6, 6.07) is 81.1. The molecule has 0 saturated carbocycles. The molecule has 1 spiro atoms. The lowest BCUT2D eigenvalue weighted by Gasteiger charge is -2.40. The van der Waals surface area contributed by atoms with E-state index in [1.165, 1.54) is 94.0 Å². The molecule has 1 heteroatoms. The highest BCUT2D eigenvalue weighted by Crippen LogP contribution is 2.65. The number of hydrogen-bond donors (Lipinski definition) is 0. The van der Waals surface area contributed by atoms with E-state index in [9.17, 15) is 0 Å². The van der Waals surface area contributed by atoms with Crippen LogP contribution in [0.25, 0.3) is 54.9 Å². The summed E-state index contributed by atoms with van der Waals surface area (Å²) in [5, 5.41) is 4.81. The summed E-state index contributed by atoms with van der Waals surface area (Å²) in [6.45, 7) is 0. The van der Waals surface area contributed by atoms with Crippen molar-refractivity contribution >= 4 is 21.5 Å². The van der Waals surface area contributed by atoms with Crippen molar-refractivity contribution in [1.29, 1.82) is 0 Å². The van der Waals surface area contributed by atoms with Crippen molar-refractivity contribution in [2.75, 3.05) is 0 Å². The van der Waals surface area contributed by atoms with Gasteiger partial charge in [0.15, 0.2) is 0 Å². The maximum atomic E-state index is 7.15. The van der Waals surface area contributed by atoms with Crippen LogP contribution < -0.4 is 4.74 Å². The zero-order valence-electron chi connectivity index (χ0n) is 32.2. The second-order valence-electron chi connectivity index (χ2n) is 16.2. The molecule has 0 radical (unpaired) electrons. The predicted octanol–water partition coefficient (Wildman–Crippen LogP) is 14.5. The largest absolute Gasteiger partial charge is 0.456 e. The molecule has 274 valence electrons. The van der Waals surface area contributed by atoms with Gasteiger partial charge in [0.05, 0.1) is 10.8 Å². The second-order valence-corrected chi connectivity index (χ2v) is 16.2. The van der Waals surface area contributed by atoms with Gasteiger partial charge >= 0.3 is 0 Å². The Hall–Kier alpha value is -7.48. The van der Waals surface area contributed by atoms with Crippen LogP contribution >= 0.6 is 0 Å². The van der Waals surface area contributed by atoms with Crippen molar-refractivity contribution in [1.82, 2.24) is 0 Å². The molecular weight excluding hydrogens is 713 g/mol. The SMILES string of the molecule is c1ccc(C2(c3ccccc3-c3cc4c(c5ccccc35)Oc3ccccc3C43c4ccccc4-c4ccccc43)c3ccccc3-c3c2ccc2ccccc32)cc1. The second kappa shape index (κ2) is 12.0. The highest BCUT2D eigenvalue weighted by Gasteiger charge is 2.52. The van der Waals surface area contributed by atoms with E-state index < -0.39 is 10.8 Å². The highest BCUT2D eigenvalue weighted by molar-refractivity contribution is 6.07. The molecule has 10 aromatic rings. The Balaban J connectivity index is 1.19. The number of para-hydroxylation sites is 1. The van der Waals surface area contributed by atoms with Gasteiger partial charge in [0.1, 0.15) is 11.5 Å². The highest BCUT2D eigenvalue weighted by atomic mass is 16.5. The maximum Gasteiger partial charge on any atom is 0.140 e. The van der Waals surface area contributed by atoms with Crippen molar-refractivity contribution in [3.8, 4) is 44.9 Å². The monoisotopic (exact) mass is 748 g/mol. The topological polar surface area (TPSA) is 9.23 Å². The number of ether oxygens (including phenoxy) is 1. The Morgan fingerprint density at radius 3 is 1.47 bits per heavy atom. The predicted molar refractivity (Wildman–Crippen MR) is 242 cm³/mol. The molecule has 0 saturated heterocycles. The molecule has 3 aliphatic rings. The first-order valence-electron chi connectivity index (χ1n) is 20.6. The van der Waals surface area contributed by atoms with Gasteiger partial charge in [0.25, 0.3) is 0 Å². The third-order valence-electron chi connectivity index (χ3n) is 13.6. The summed E-state index contributed by atoms with van der Waals surface area (Å²) in [5.41, 5.74) is 16.4. The lowest BCUT2D eigenvalue weighted by atomic mass is 9.64. The van der Waals surface area contributed by atoms with Crippen LogP contribution in [0, 0.1) is 0 Å². The van der Waals surface area contributed by atoms with E-state index in [0.717, 1.165) is 16.9 Å². The summed E-state index contributed by atoms with van der Waals surface area (Å²) in [7, 11) is 0. The number of fused-ring (bicyclic) bond motifs is 16. The van der Waals surface area contributed by atoms with Crippen LogP contribution in [0.5, 0.6) is 11.5 Å². The van der Waals surface area contributed by atoms with Crippen molar-refractivity contribution in [3.05, 3.63) is 263 Å². The molecular formula is C58H36O. The van der Waals surface area contributed by atoms with Gasteiger partial charge in [-0.05, 0) is 95.1 Å². The number of hydrogen-bond acceptors (Lipinski definition) is 1. The molecule has 1 unspecified atom stereocenters. The number of benzene rings is 10. The standard InChI is InChI=1S/C58H36O/c1-2-19-38(20-3-1)57(50-31-15-11-27-45(50)55-39-21-5-4-18-37(39)34-35-52(55)57)47-28-12-10-25-43(47)46-36-53-56(44-26-7-6-22-40(44)46)59-54-33-17-16-32-51(54)58(53)48-29-13-8-23-41(48)42-24-9-14-30-49(42)58/h1-36H. The van der Waals surface area contributed by atoms with E-state index >= 15 is 0 Å². The summed E-state index contributed by atoms with van der Waals surface area (Å²) in [5.74, 6) is 1.83.